The van der Waals surface area contributed by atoms with Crippen molar-refractivity contribution in [3.63, 3.8) is 0 Å². The van der Waals surface area contributed by atoms with Gasteiger partial charge in [0.25, 0.3) is 0 Å². The van der Waals surface area contributed by atoms with Crippen LogP contribution in [-0.2, 0) is 20.8 Å². The number of carbonyl (C=O) groups is 3. The number of benzene rings is 2. The maximum atomic E-state index is 12.2. The summed E-state index contributed by atoms with van der Waals surface area (Å²) in [5.74, 6) is -4.39. The Kier molecular flexibility index (Phi) is 6.23. The Hall–Kier alpha value is -3.21. The minimum absolute atomic E-state index is 0.0723. The van der Waals surface area contributed by atoms with Crippen molar-refractivity contribution < 1.29 is 24.6 Å². The van der Waals surface area contributed by atoms with Crippen molar-refractivity contribution in [2.75, 3.05) is 0 Å². The fourth-order valence-corrected chi connectivity index (χ4v) is 2.49. The molecular weight excluding hydrogens is 320 g/mol. The summed E-state index contributed by atoms with van der Waals surface area (Å²) in [6, 6.07) is 17.5. The molecule has 0 amide bonds. The minimum atomic E-state index is -1.39. The topological polar surface area (TPSA) is 91.7 Å². The molecule has 0 aliphatic rings. The molecule has 2 N–H and O–H groups in total. The Morgan fingerprint density at radius 3 is 1.96 bits per heavy atom. The molecule has 2 aromatic carbocycles. The first-order valence-electron chi connectivity index (χ1n) is 7.75. The van der Waals surface area contributed by atoms with Crippen LogP contribution >= 0.6 is 0 Å². The van der Waals surface area contributed by atoms with Crippen LogP contribution in [-0.4, -0.2) is 27.9 Å². The number of carbonyl (C=O) groups excluding carboxylic acids is 1. The molecule has 0 heterocycles. The Balaban J connectivity index is 2.22. The van der Waals surface area contributed by atoms with Gasteiger partial charge < -0.3 is 10.2 Å². The number of rotatable bonds is 8. The number of carboxylic acids is 2. The van der Waals surface area contributed by atoms with Crippen LogP contribution in [0.3, 0.4) is 0 Å². The lowest BCUT2D eigenvalue weighted by Gasteiger charge is -2.13. The van der Waals surface area contributed by atoms with E-state index in [-0.39, 0.29) is 24.2 Å². The van der Waals surface area contributed by atoms with Crippen molar-refractivity contribution in [1.29, 1.82) is 0 Å². The van der Waals surface area contributed by atoms with E-state index in [4.69, 9.17) is 0 Å². The van der Waals surface area contributed by atoms with Gasteiger partial charge in [-0.25, -0.2) is 4.79 Å². The van der Waals surface area contributed by atoms with Gasteiger partial charge in [0, 0.05) is 12.8 Å². The Bertz CT molecular complexity index is 778. The molecule has 1 unspecified atom stereocenters. The van der Waals surface area contributed by atoms with Crippen LogP contribution in [0.2, 0.25) is 0 Å². The second-order valence-electron chi connectivity index (χ2n) is 5.61. The zero-order valence-electron chi connectivity index (χ0n) is 13.5. The van der Waals surface area contributed by atoms with Crippen molar-refractivity contribution in [3.8, 4) is 0 Å². The molecule has 2 aromatic rings. The third-order valence-electron chi connectivity index (χ3n) is 3.72. The summed E-state index contributed by atoms with van der Waals surface area (Å²) in [7, 11) is 0. The van der Waals surface area contributed by atoms with Crippen LogP contribution in [0.15, 0.2) is 66.2 Å². The van der Waals surface area contributed by atoms with Crippen molar-refractivity contribution >= 4 is 23.8 Å². The Labute approximate surface area is 145 Å². The van der Waals surface area contributed by atoms with Crippen LogP contribution in [0, 0.1) is 5.92 Å². The van der Waals surface area contributed by atoms with Gasteiger partial charge in [-0.05, 0) is 17.2 Å². The maximum absolute atomic E-state index is 12.2. The lowest BCUT2D eigenvalue weighted by molar-refractivity contribution is -0.145. The highest BCUT2D eigenvalue weighted by Gasteiger charge is 2.29. The molecule has 5 heteroatoms. The van der Waals surface area contributed by atoms with Crippen LogP contribution < -0.4 is 0 Å². The average molecular weight is 338 g/mol. The van der Waals surface area contributed by atoms with Crippen LogP contribution in [0.1, 0.15) is 17.5 Å². The number of ketones is 1. The summed E-state index contributed by atoms with van der Waals surface area (Å²) in [4.78, 5) is 35.3. The lowest BCUT2D eigenvalue weighted by Crippen LogP contribution is -2.25. The molecule has 0 aromatic heterocycles. The van der Waals surface area contributed by atoms with E-state index in [9.17, 15) is 24.6 Å². The number of carboxylic acid groups (broad SMARTS) is 2. The molecule has 25 heavy (non-hydrogen) atoms. The second-order valence-corrected chi connectivity index (χ2v) is 5.61. The molecule has 0 bridgehead atoms. The first-order chi connectivity index (χ1) is 12.0. The highest BCUT2D eigenvalue weighted by molar-refractivity contribution is 6.00. The highest BCUT2D eigenvalue weighted by Crippen LogP contribution is 2.21. The molecule has 128 valence electrons. The van der Waals surface area contributed by atoms with Gasteiger partial charge in [0.2, 0.25) is 0 Å². The van der Waals surface area contributed by atoms with Crippen molar-refractivity contribution in [3.05, 3.63) is 77.4 Å². The average Bonchev–Trinajstić information content (AvgIpc) is 2.59. The monoisotopic (exact) mass is 338 g/mol. The quantitative estimate of drug-likeness (QED) is 0.722. The molecule has 0 aliphatic heterocycles. The number of hydrogen-bond donors (Lipinski definition) is 2. The van der Waals surface area contributed by atoms with Gasteiger partial charge in [-0.1, -0.05) is 60.7 Å². The van der Waals surface area contributed by atoms with Crippen LogP contribution in [0.25, 0.3) is 6.08 Å². The third kappa shape index (κ3) is 5.42. The molecule has 0 saturated heterocycles. The van der Waals surface area contributed by atoms with E-state index in [1.54, 1.807) is 54.6 Å². The predicted molar refractivity (Wildman–Crippen MR) is 93.0 cm³/mol. The van der Waals surface area contributed by atoms with Gasteiger partial charge in [-0.3, -0.25) is 9.59 Å². The molecule has 5 nitrogen and oxygen atoms in total. The first kappa shape index (κ1) is 18.1. The summed E-state index contributed by atoms with van der Waals surface area (Å²) in [6.45, 7) is 0. The third-order valence-corrected chi connectivity index (χ3v) is 3.72. The summed E-state index contributed by atoms with van der Waals surface area (Å²) in [5, 5.41) is 18.8. The van der Waals surface area contributed by atoms with Gasteiger partial charge in [0.05, 0.1) is 11.5 Å². The van der Waals surface area contributed by atoms with E-state index in [0.29, 0.717) is 5.56 Å². The summed E-state index contributed by atoms with van der Waals surface area (Å²) in [5.41, 5.74) is 1.03. The van der Waals surface area contributed by atoms with Gasteiger partial charge in [-0.15, -0.1) is 0 Å². The largest absolute Gasteiger partial charge is 0.481 e. The highest BCUT2D eigenvalue weighted by atomic mass is 16.4. The Morgan fingerprint density at radius 2 is 1.44 bits per heavy atom. The minimum Gasteiger partial charge on any atom is -0.481 e. The van der Waals surface area contributed by atoms with E-state index in [1.165, 1.54) is 6.08 Å². The van der Waals surface area contributed by atoms with Gasteiger partial charge in [-0.2, -0.15) is 0 Å². The molecule has 0 spiro atoms. The zero-order chi connectivity index (χ0) is 18.2. The summed E-state index contributed by atoms with van der Waals surface area (Å²) < 4.78 is 0. The summed E-state index contributed by atoms with van der Waals surface area (Å²) in [6.07, 6.45) is 1.01. The van der Waals surface area contributed by atoms with Gasteiger partial charge >= 0.3 is 11.9 Å². The number of Topliss-reactive ketones (excluding diaryl/α,β-unsaturated/α-hetero) is 1. The van der Waals surface area contributed by atoms with Crippen molar-refractivity contribution in [2.45, 2.75) is 12.8 Å². The molecule has 2 rings (SSSR count). The SMILES string of the molecule is O=C(Cc1ccccc1)CC(C(=O)O)C(=Cc1ccccc1)C(=O)O. The predicted octanol–water partition coefficient (Wildman–Crippen LogP) is 3.06. The van der Waals surface area contributed by atoms with Crippen LogP contribution in [0.4, 0.5) is 0 Å². The molecule has 0 saturated carbocycles. The first-order valence-corrected chi connectivity index (χ1v) is 7.75. The van der Waals surface area contributed by atoms with Crippen molar-refractivity contribution in [1.82, 2.24) is 0 Å². The molecular formula is C20H18O5. The molecule has 0 radical (unpaired) electrons. The fourth-order valence-electron chi connectivity index (χ4n) is 2.49. The second kappa shape index (κ2) is 8.59. The van der Waals surface area contributed by atoms with E-state index in [1.807, 2.05) is 6.07 Å². The molecule has 0 aliphatic carbocycles. The Morgan fingerprint density at radius 1 is 0.880 bits per heavy atom. The maximum Gasteiger partial charge on any atom is 0.332 e. The van der Waals surface area contributed by atoms with Gasteiger partial charge in [0.1, 0.15) is 5.78 Å². The lowest BCUT2D eigenvalue weighted by atomic mass is 9.90. The van der Waals surface area contributed by atoms with E-state index in [0.717, 1.165) is 5.56 Å². The normalized spacial score (nSPS) is 12.4. The number of aliphatic carboxylic acids is 2. The molecule has 1 atom stereocenters. The zero-order valence-corrected chi connectivity index (χ0v) is 13.5. The molecule has 0 fully saturated rings. The van der Waals surface area contributed by atoms with E-state index < -0.39 is 17.9 Å². The fraction of sp³-hybridized carbons (Fsp3) is 0.150. The standard InChI is InChI=1S/C20H18O5/c21-16(11-14-7-3-1-4-8-14)13-18(20(24)25)17(19(22)23)12-15-9-5-2-6-10-15/h1-10,12,18H,11,13H2,(H,22,23)(H,24,25). The summed E-state index contributed by atoms with van der Waals surface area (Å²) >= 11 is 0. The van der Waals surface area contributed by atoms with Crippen LogP contribution in [0.5, 0.6) is 0 Å². The van der Waals surface area contributed by atoms with Gasteiger partial charge in [0.15, 0.2) is 0 Å². The van der Waals surface area contributed by atoms with E-state index >= 15 is 0 Å². The smallest absolute Gasteiger partial charge is 0.332 e. The van der Waals surface area contributed by atoms with E-state index in [2.05, 4.69) is 0 Å². The van der Waals surface area contributed by atoms with Crippen molar-refractivity contribution in [2.24, 2.45) is 5.92 Å². The number of hydrogen-bond acceptors (Lipinski definition) is 3.